The Balaban J connectivity index is 1.42. The summed E-state index contributed by atoms with van der Waals surface area (Å²) in [6.07, 6.45) is 3.83. The second kappa shape index (κ2) is 9.73. The highest BCUT2D eigenvalue weighted by Gasteiger charge is 2.51. The number of rotatable bonds is 8. The third-order valence-corrected chi connectivity index (χ3v) is 5.84. The quantitative estimate of drug-likeness (QED) is 0.509. The minimum Gasteiger partial charge on any atom is -0.497 e. The number of fused-ring (bicyclic) bond motifs is 1. The fourth-order valence-corrected chi connectivity index (χ4v) is 4.12. The van der Waals surface area contributed by atoms with Crippen molar-refractivity contribution in [1.29, 1.82) is 0 Å². The van der Waals surface area contributed by atoms with E-state index in [2.05, 4.69) is 5.32 Å². The number of likely N-dealkylation sites (tertiary alicyclic amines) is 1. The molecule has 3 rings (SSSR count). The van der Waals surface area contributed by atoms with Gasteiger partial charge in [-0.2, -0.15) is 0 Å². The number of ether oxygens (including phenoxy) is 2. The van der Waals surface area contributed by atoms with Gasteiger partial charge in [0.15, 0.2) is 6.61 Å². The maximum Gasteiger partial charge on any atom is 0.329 e. The van der Waals surface area contributed by atoms with Crippen LogP contribution in [0.3, 0.4) is 0 Å². The second-order valence-corrected chi connectivity index (χ2v) is 7.78. The molecule has 3 amide bonds. The van der Waals surface area contributed by atoms with Gasteiger partial charge in [0.05, 0.1) is 18.9 Å². The summed E-state index contributed by atoms with van der Waals surface area (Å²) in [5, 5.41) is 2.69. The summed E-state index contributed by atoms with van der Waals surface area (Å²) in [6.45, 7) is 1.41. The third-order valence-electron chi connectivity index (χ3n) is 5.84. The lowest BCUT2D eigenvalue weighted by Crippen LogP contribution is -2.45. The molecule has 0 radical (unpaired) electrons. The Morgan fingerprint density at radius 1 is 1.10 bits per heavy atom. The van der Waals surface area contributed by atoms with Gasteiger partial charge in [0.2, 0.25) is 11.8 Å². The Morgan fingerprint density at radius 3 is 2.27 bits per heavy atom. The van der Waals surface area contributed by atoms with Crippen LogP contribution in [-0.2, 0) is 30.3 Å². The molecule has 30 heavy (non-hydrogen) atoms. The lowest BCUT2D eigenvalue weighted by molar-refractivity contribution is -0.159. The first kappa shape index (κ1) is 21.8. The van der Waals surface area contributed by atoms with Gasteiger partial charge in [-0.25, -0.2) is 4.79 Å². The van der Waals surface area contributed by atoms with Crippen molar-refractivity contribution < 1.29 is 28.7 Å². The molecule has 0 bridgehead atoms. The molecule has 1 aromatic carbocycles. The van der Waals surface area contributed by atoms with Crippen molar-refractivity contribution in [3.63, 3.8) is 0 Å². The summed E-state index contributed by atoms with van der Waals surface area (Å²) < 4.78 is 10.1. The van der Waals surface area contributed by atoms with Crippen LogP contribution in [0, 0.1) is 11.8 Å². The van der Waals surface area contributed by atoms with Gasteiger partial charge in [0.25, 0.3) is 5.91 Å². The largest absolute Gasteiger partial charge is 0.497 e. The highest BCUT2D eigenvalue weighted by Crippen LogP contribution is 2.38. The Hall–Kier alpha value is -2.90. The summed E-state index contributed by atoms with van der Waals surface area (Å²) in [5.41, 5.74) is 1.04. The molecule has 8 nitrogen and oxygen atoms in total. The van der Waals surface area contributed by atoms with Crippen LogP contribution in [0.15, 0.2) is 24.3 Å². The number of amides is 3. The summed E-state index contributed by atoms with van der Waals surface area (Å²) in [7, 11) is 1.60. The molecular formula is C22H28N2O6. The van der Waals surface area contributed by atoms with Crippen molar-refractivity contribution in [2.45, 2.75) is 45.1 Å². The van der Waals surface area contributed by atoms with Gasteiger partial charge in [-0.15, -0.1) is 0 Å². The molecule has 2 aliphatic rings. The molecule has 1 saturated heterocycles. The van der Waals surface area contributed by atoms with Gasteiger partial charge < -0.3 is 14.8 Å². The SMILES string of the molecule is COc1ccc(CCNC(=O)COC(=O)[C@H](C)N2C(=O)C3CCCCC3C2=O)cc1. The highest BCUT2D eigenvalue weighted by molar-refractivity contribution is 6.07. The molecule has 0 aromatic heterocycles. The van der Waals surface area contributed by atoms with Crippen molar-refractivity contribution in [2.75, 3.05) is 20.3 Å². The number of hydrogen-bond donors (Lipinski definition) is 1. The van der Waals surface area contributed by atoms with Crippen molar-refractivity contribution in [3.8, 4) is 5.75 Å². The minimum absolute atomic E-state index is 0.293. The molecule has 1 aromatic rings. The van der Waals surface area contributed by atoms with Crippen molar-refractivity contribution in [2.24, 2.45) is 11.8 Å². The molecule has 1 N–H and O–H groups in total. The fourth-order valence-electron chi connectivity index (χ4n) is 4.12. The van der Waals surface area contributed by atoms with Crippen molar-refractivity contribution in [1.82, 2.24) is 10.2 Å². The van der Waals surface area contributed by atoms with Crippen LogP contribution in [0.2, 0.25) is 0 Å². The van der Waals surface area contributed by atoms with Crippen LogP contribution < -0.4 is 10.1 Å². The van der Waals surface area contributed by atoms with Crippen LogP contribution in [0.25, 0.3) is 0 Å². The predicted molar refractivity (Wildman–Crippen MR) is 107 cm³/mol. The molecule has 162 valence electrons. The summed E-state index contributed by atoms with van der Waals surface area (Å²) >= 11 is 0. The summed E-state index contributed by atoms with van der Waals surface area (Å²) in [6, 6.07) is 6.49. The molecule has 2 fully saturated rings. The average Bonchev–Trinajstić information content (AvgIpc) is 3.02. The Morgan fingerprint density at radius 2 is 1.70 bits per heavy atom. The van der Waals surface area contributed by atoms with Gasteiger partial charge in [-0.1, -0.05) is 25.0 Å². The van der Waals surface area contributed by atoms with Gasteiger partial charge in [0.1, 0.15) is 11.8 Å². The van der Waals surface area contributed by atoms with Gasteiger partial charge >= 0.3 is 5.97 Å². The molecular weight excluding hydrogens is 388 g/mol. The fraction of sp³-hybridized carbons (Fsp3) is 0.545. The van der Waals surface area contributed by atoms with Crippen LogP contribution in [-0.4, -0.2) is 54.9 Å². The molecule has 3 atom stereocenters. The predicted octanol–water partition coefficient (Wildman–Crippen LogP) is 1.46. The van der Waals surface area contributed by atoms with E-state index in [9.17, 15) is 19.2 Å². The highest BCUT2D eigenvalue weighted by atomic mass is 16.5. The van der Waals surface area contributed by atoms with E-state index in [-0.39, 0.29) is 23.7 Å². The number of imide groups is 1. The minimum atomic E-state index is -1.03. The number of nitrogens with zero attached hydrogens (tertiary/aromatic N) is 1. The molecule has 1 heterocycles. The summed E-state index contributed by atoms with van der Waals surface area (Å²) in [4.78, 5) is 50.4. The monoisotopic (exact) mass is 416 g/mol. The van der Waals surface area contributed by atoms with E-state index in [4.69, 9.17) is 9.47 Å². The van der Waals surface area contributed by atoms with Gasteiger partial charge in [0, 0.05) is 6.54 Å². The molecule has 0 spiro atoms. The number of methoxy groups -OCH3 is 1. The van der Waals surface area contributed by atoms with E-state index in [1.54, 1.807) is 7.11 Å². The van der Waals surface area contributed by atoms with Gasteiger partial charge in [-0.3, -0.25) is 19.3 Å². The molecule has 1 aliphatic heterocycles. The van der Waals surface area contributed by atoms with Crippen LogP contribution in [0.5, 0.6) is 5.75 Å². The number of nitrogens with one attached hydrogen (secondary N) is 1. The first-order valence-corrected chi connectivity index (χ1v) is 10.4. The Labute approximate surface area is 175 Å². The summed E-state index contributed by atoms with van der Waals surface area (Å²) in [5.74, 6) is -1.64. The lowest BCUT2D eigenvalue weighted by atomic mass is 9.81. The number of esters is 1. The standard InChI is InChI=1S/C22H28N2O6/c1-14(24-20(26)17-5-3-4-6-18(17)21(24)27)22(28)30-13-19(25)23-12-11-15-7-9-16(29-2)10-8-15/h7-10,14,17-18H,3-6,11-13H2,1-2H3,(H,23,25)/t14-,17?,18?/m0/s1. The van der Waals surface area contributed by atoms with Crippen LogP contribution in [0.4, 0.5) is 0 Å². The van der Waals surface area contributed by atoms with E-state index in [0.717, 1.165) is 29.1 Å². The topological polar surface area (TPSA) is 102 Å². The maximum atomic E-state index is 12.6. The number of benzene rings is 1. The normalized spacial score (nSPS) is 21.7. The first-order chi connectivity index (χ1) is 14.4. The van der Waals surface area contributed by atoms with E-state index in [0.29, 0.717) is 25.8 Å². The van der Waals surface area contributed by atoms with Crippen LogP contribution >= 0.6 is 0 Å². The zero-order valence-corrected chi connectivity index (χ0v) is 17.4. The first-order valence-electron chi connectivity index (χ1n) is 10.4. The number of carbonyl (C=O) groups excluding carboxylic acids is 4. The van der Waals surface area contributed by atoms with E-state index in [1.165, 1.54) is 6.92 Å². The van der Waals surface area contributed by atoms with Crippen molar-refractivity contribution >= 4 is 23.7 Å². The molecule has 1 saturated carbocycles. The maximum absolute atomic E-state index is 12.6. The zero-order valence-electron chi connectivity index (χ0n) is 17.4. The second-order valence-electron chi connectivity index (χ2n) is 7.78. The van der Waals surface area contributed by atoms with Gasteiger partial charge in [-0.05, 0) is 43.9 Å². The van der Waals surface area contributed by atoms with Crippen LogP contribution in [0.1, 0.15) is 38.2 Å². The van der Waals surface area contributed by atoms with Crippen molar-refractivity contribution in [3.05, 3.63) is 29.8 Å². The zero-order chi connectivity index (χ0) is 21.7. The number of hydrogen-bond acceptors (Lipinski definition) is 6. The average molecular weight is 416 g/mol. The van der Waals surface area contributed by atoms with E-state index < -0.39 is 24.5 Å². The van der Waals surface area contributed by atoms with E-state index >= 15 is 0 Å². The lowest BCUT2D eigenvalue weighted by Gasteiger charge is -2.21. The number of carbonyl (C=O) groups is 4. The Kier molecular flexibility index (Phi) is 7.07. The molecule has 1 aliphatic carbocycles. The van der Waals surface area contributed by atoms with E-state index in [1.807, 2.05) is 24.3 Å². The smallest absolute Gasteiger partial charge is 0.329 e. The molecule has 2 unspecified atom stereocenters. The third kappa shape index (κ3) is 4.80. The molecule has 8 heteroatoms. The Bertz CT molecular complexity index is 782.